The summed E-state index contributed by atoms with van der Waals surface area (Å²) in [7, 11) is 0. The molecule has 0 radical (unpaired) electrons. The molecular weight excluding hydrogens is 514 g/mol. The fourth-order valence-corrected chi connectivity index (χ4v) is 4.69. The van der Waals surface area contributed by atoms with Crippen LogP contribution in [-0.4, -0.2) is 36.3 Å². The van der Waals surface area contributed by atoms with Crippen molar-refractivity contribution in [2.45, 2.75) is 30.5 Å². The molecule has 1 atom stereocenters. The Hall–Kier alpha value is -3.84. The van der Waals surface area contributed by atoms with Crippen LogP contribution in [0.1, 0.15) is 17.5 Å². The van der Waals surface area contributed by atoms with Gasteiger partial charge in [0.05, 0.1) is 23.0 Å². The molecular formula is C25H22F6N6O. The highest BCUT2D eigenvalue weighted by molar-refractivity contribution is 6.04. The van der Waals surface area contributed by atoms with Gasteiger partial charge in [-0.05, 0) is 48.4 Å². The van der Waals surface area contributed by atoms with E-state index in [1.165, 1.54) is 29.2 Å². The van der Waals surface area contributed by atoms with Gasteiger partial charge in [-0.1, -0.05) is 24.3 Å². The molecule has 2 amide bonds. The molecule has 0 spiro atoms. The summed E-state index contributed by atoms with van der Waals surface area (Å²) < 4.78 is 79.7. The largest absolute Gasteiger partial charge is 0.423 e. The fraction of sp³-hybridized carbons (Fsp3) is 0.280. The average Bonchev–Trinajstić information content (AvgIpc) is 3.27. The van der Waals surface area contributed by atoms with E-state index in [1.807, 2.05) is 4.90 Å². The minimum atomic E-state index is -4.93. The number of amides is 2. The van der Waals surface area contributed by atoms with Gasteiger partial charge in [0.2, 0.25) is 0 Å². The maximum atomic E-state index is 13.4. The number of rotatable bonds is 3. The molecule has 0 saturated carbocycles. The van der Waals surface area contributed by atoms with Gasteiger partial charge < -0.3 is 21.7 Å². The molecule has 2 aliphatic rings. The number of nitrogens with zero attached hydrogens (tertiary/aromatic N) is 3. The highest BCUT2D eigenvalue weighted by Gasteiger charge is 2.50. The van der Waals surface area contributed by atoms with Gasteiger partial charge in [-0.2, -0.15) is 26.3 Å². The first-order chi connectivity index (χ1) is 17.8. The molecule has 13 heteroatoms. The van der Waals surface area contributed by atoms with Crippen molar-refractivity contribution in [3.63, 3.8) is 0 Å². The van der Waals surface area contributed by atoms with Crippen molar-refractivity contribution < 1.29 is 31.1 Å². The van der Waals surface area contributed by atoms with Crippen LogP contribution in [0.25, 0.3) is 11.3 Å². The van der Waals surface area contributed by atoms with Crippen LogP contribution in [0.15, 0.2) is 60.7 Å². The summed E-state index contributed by atoms with van der Waals surface area (Å²) in [6, 6.07) is 11.9. The lowest BCUT2D eigenvalue weighted by Gasteiger charge is -2.36. The zero-order valence-corrected chi connectivity index (χ0v) is 19.6. The number of anilines is 3. The molecule has 5 rings (SSSR count). The van der Waals surface area contributed by atoms with Crippen molar-refractivity contribution in [2.75, 3.05) is 28.2 Å². The molecule has 0 unspecified atom stereocenters. The fourth-order valence-electron chi connectivity index (χ4n) is 4.69. The maximum Gasteiger partial charge on any atom is 0.423 e. The van der Waals surface area contributed by atoms with Gasteiger partial charge in [0, 0.05) is 24.3 Å². The molecule has 7 nitrogen and oxygen atoms in total. The summed E-state index contributed by atoms with van der Waals surface area (Å²) >= 11 is 0. The molecule has 200 valence electrons. The number of hydrogen-bond donors (Lipinski definition) is 3. The van der Waals surface area contributed by atoms with Gasteiger partial charge in [-0.3, -0.25) is 4.90 Å². The quantitative estimate of drug-likeness (QED) is 0.322. The van der Waals surface area contributed by atoms with Crippen molar-refractivity contribution in [3.05, 3.63) is 71.8 Å². The van der Waals surface area contributed by atoms with Crippen molar-refractivity contribution in [1.82, 2.24) is 4.98 Å². The molecule has 3 heterocycles. The molecule has 2 aliphatic heterocycles. The first-order valence-corrected chi connectivity index (χ1v) is 11.5. The van der Waals surface area contributed by atoms with E-state index < -0.39 is 35.2 Å². The second-order valence-corrected chi connectivity index (χ2v) is 9.25. The summed E-state index contributed by atoms with van der Waals surface area (Å²) in [6.45, 7) is 1.14. The molecule has 3 aromatic rings. The Labute approximate surface area is 213 Å². The van der Waals surface area contributed by atoms with Crippen molar-refractivity contribution in [3.8, 4) is 11.3 Å². The Morgan fingerprint density at radius 1 is 0.947 bits per heavy atom. The van der Waals surface area contributed by atoms with Crippen molar-refractivity contribution in [2.24, 2.45) is 11.5 Å². The number of carbonyl (C=O) groups excluding carboxylic acids is 1. The van der Waals surface area contributed by atoms with E-state index in [0.29, 0.717) is 25.2 Å². The van der Waals surface area contributed by atoms with Crippen LogP contribution in [0.5, 0.6) is 0 Å². The number of aromatic nitrogens is 1. The predicted molar refractivity (Wildman–Crippen MR) is 129 cm³/mol. The van der Waals surface area contributed by atoms with Gasteiger partial charge in [0.25, 0.3) is 0 Å². The van der Waals surface area contributed by atoms with E-state index in [9.17, 15) is 31.1 Å². The van der Waals surface area contributed by atoms with Gasteiger partial charge in [-0.25, -0.2) is 9.78 Å². The number of halogens is 6. The molecule has 1 saturated heterocycles. The second-order valence-electron chi connectivity index (χ2n) is 9.25. The highest BCUT2D eigenvalue weighted by atomic mass is 19.4. The smallest absolute Gasteiger partial charge is 0.366 e. The monoisotopic (exact) mass is 536 g/mol. The number of hydrogen-bond acceptors (Lipinski definition) is 5. The molecule has 38 heavy (non-hydrogen) atoms. The van der Waals surface area contributed by atoms with E-state index >= 15 is 0 Å². The van der Waals surface area contributed by atoms with Gasteiger partial charge in [0.1, 0.15) is 0 Å². The van der Waals surface area contributed by atoms with Crippen LogP contribution in [0.3, 0.4) is 0 Å². The third-order valence-corrected chi connectivity index (χ3v) is 6.72. The Morgan fingerprint density at radius 3 is 2.37 bits per heavy atom. The van der Waals surface area contributed by atoms with Crippen LogP contribution in [0.2, 0.25) is 0 Å². The first kappa shape index (κ1) is 25.8. The zero-order valence-electron chi connectivity index (χ0n) is 19.6. The van der Waals surface area contributed by atoms with Crippen LogP contribution < -0.4 is 26.6 Å². The van der Waals surface area contributed by atoms with E-state index in [1.54, 1.807) is 12.1 Å². The highest BCUT2D eigenvalue weighted by Crippen LogP contribution is 2.41. The number of urea groups is 1. The van der Waals surface area contributed by atoms with Gasteiger partial charge in [-0.15, -0.1) is 0 Å². The number of fused-ring (bicyclic) bond motifs is 4. The van der Waals surface area contributed by atoms with E-state index in [-0.39, 0.29) is 28.8 Å². The number of benzene rings is 2. The molecule has 0 aliphatic carbocycles. The van der Waals surface area contributed by atoms with E-state index in [4.69, 9.17) is 11.5 Å². The normalized spacial score (nSPS) is 17.4. The van der Waals surface area contributed by atoms with Crippen LogP contribution in [0.4, 0.5) is 48.3 Å². The Morgan fingerprint density at radius 2 is 1.66 bits per heavy atom. The Kier molecular flexibility index (Phi) is 6.03. The van der Waals surface area contributed by atoms with Crippen molar-refractivity contribution >= 4 is 23.2 Å². The van der Waals surface area contributed by atoms with Gasteiger partial charge in [0.15, 0.2) is 11.5 Å². The zero-order chi connectivity index (χ0) is 27.5. The topological polar surface area (TPSA) is 101 Å². The molecule has 1 aromatic heterocycles. The van der Waals surface area contributed by atoms with Crippen molar-refractivity contribution in [1.29, 1.82) is 0 Å². The minimum Gasteiger partial charge on any atom is -0.366 e. The molecule has 1 fully saturated rings. The summed E-state index contributed by atoms with van der Waals surface area (Å²) in [4.78, 5) is 21.4. The number of nitrogens with one attached hydrogen (secondary N) is 1. The van der Waals surface area contributed by atoms with E-state index in [0.717, 1.165) is 24.3 Å². The summed E-state index contributed by atoms with van der Waals surface area (Å²) in [5.74, 6) is 0.240. The Balaban J connectivity index is 1.48. The summed E-state index contributed by atoms with van der Waals surface area (Å²) in [5.41, 5.74) is 7.36. The lowest BCUT2D eigenvalue weighted by molar-refractivity contribution is -0.188. The standard InChI is InChI=1S/C25H22F6N6O/c26-24(27,28)16-5-1-3-14(11-16)19-7-8-20-21(35-19)37(18-9-10-36(20)13-18)22(38)34-17-6-2-4-15(12-17)23(32,33)25(29,30)31/h1-8,11-12,18H,9-10,13,32-33H2,(H,34,38)/t18-/m0/s1. The number of nitrogens with two attached hydrogens (primary N) is 2. The number of pyridine rings is 1. The summed E-state index contributed by atoms with van der Waals surface area (Å²) in [6.07, 6.45) is -8.86. The lowest BCUT2D eigenvalue weighted by Crippen LogP contribution is -2.57. The minimum absolute atomic E-state index is 0.0352. The molecule has 5 N–H and O–H groups in total. The summed E-state index contributed by atoms with van der Waals surface area (Å²) in [5, 5.41) is 2.59. The Bertz CT molecular complexity index is 1390. The average molecular weight is 536 g/mol. The number of alkyl halides is 6. The van der Waals surface area contributed by atoms with Crippen LogP contribution in [0, 0.1) is 0 Å². The van der Waals surface area contributed by atoms with E-state index in [2.05, 4.69) is 10.3 Å². The number of carbonyl (C=O) groups is 1. The molecule has 2 bridgehead atoms. The first-order valence-electron chi connectivity index (χ1n) is 11.5. The van der Waals surface area contributed by atoms with Crippen LogP contribution >= 0.6 is 0 Å². The predicted octanol–water partition coefficient (Wildman–Crippen LogP) is 5.03. The second kappa shape index (κ2) is 8.88. The third-order valence-electron chi connectivity index (χ3n) is 6.72. The third kappa shape index (κ3) is 4.52. The van der Waals surface area contributed by atoms with Crippen LogP contribution in [-0.2, 0) is 11.8 Å². The molecule has 2 aromatic carbocycles. The van der Waals surface area contributed by atoms with Gasteiger partial charge >= 0.3 is 18.4 Å². The lowest BCUT2D eigenvalue weighted by atomic mass is 10.0. The maximum absolute atomic E-state index is 13.4. The SMILES string of the molecule is NC(N)(c1cccc(NC(=O)N2c3nc(-c4cccc(C(F)(F)F)c4)ccc3N3CC[C@H]2C3)c1)C(F)(F)F.